The van der Waals surface area contributed by atoms with Crippen molar-refractivity contribution in [1.29, 1.82) is 0 Å². The largest absolute Gasteiger partial charge is 0.462 e. The zero-order chi connectivity index (χ0) is 19.9. The van der Waals surface area contributed by atoms with E-state index in [0.29, 0.717) is 23.6 Å². The van der Waals surface area contributed by atoms with Crippen molar-refractivity contribution in [2.24, 2.45) is 0 Å². The maximum absolute atomic E-state index is 12.4. The van der Waals surface area contributed by atoms with Crippen molar-refractivity contribution in [1.82, 2.24) is 4.98 Å². The van der Waals surface area contributed by atoms with E-state index < -0.39 is 5.97 Å². The van der Waals surface area contributed by atoms with Crippen LogP contribution in [0.3, 0.4) is 0 Å². The minimum Gasteiger partial charge on any atom is -0.462 e. The lowest BCUT2D eigenvalue weighted by molar-refractivity contribution is 0.0526. The van der Waals surface area contributed by atoms with Gasteiger partial charge in [0.15, 0.2) is 0 Å². The summed E-state index contributed by atoms with van der Waals surface area (Å²) in [5.74, 6) is -0.717. The Labute approximate surface area is 163 Å². The van der Waals surface area contributed by atoms with Crippen LogP contribution in [0.2, 0.25) is 0 Å². The number of nitrogens with zero attached hydrogens (tertiary/aromatic N) is 1. The molecule has 1 heterocycles. The van der Waals surface area contributed by atoms with Gasteiger partial charge in [0.2, 0.25) is 0 Å². The van der Waals surface area contributed by atoms with Gasteiger partial charge >= 0.3 is 5.97 Å². The topological polar surface area (TPSA) is 80.3 Å². The number of amides is 1. The highest BCUT2D eigenvalue weighted by Crippen LogP contribution is 2.19. The molecule has 0 aliphatic heterocycles. The Morgan fingerprint density at radius 1 is 0.964 bits per heavy atom. The first kappa shape index (κ1) is 19.1. The average Bonchev–Trinajstić information content (AvgIpc) is 2.71. The first-order valence-electron chi connectivity index (χ1n) is 8.94. The van der Waals surface area contributed by atoms with Crippen LogP contribution in [0.1, 0.15) is 33.3 Å². The fraction of sp³-hybridized carbons (Fsp3) is 0.136. The Morgan fingerprint density at radius 3 is 2.32 bits per heavy atom. The molecule has 6 heteroatoms. The molecule has 6 nitrogen and oxygen atoms in total. The van der Waals surface area contributed by atoms with Crippen molar-refractivity contribution < 1.29 is 14.3 Å². The number of benzene rings is 2. The van der Waals surface area contributed by atoms with Crippen LogP contribution in [0.25, 0.3) is 0 Å². The second-order valence-corrected chi connectivity index (χ2v) is 6.12. The third kappa shape index (κ3) is 4.73. The van der Waals surface area contributed by atoms with Gasteiger partial charge in [0.25, 0.3) is 5.91 Å². The van der Waals surface area contributed by atoms with Gasteiger partial charge in [0.1, 0.15) is 5.69 Å². The molecule has 2 aromatic carbocycles. The number of carbonyl (C=O) groups excluding carboxylic acids is 2. The lowest BCUT2D eigenvalue weighted by Gasteiger charge is -2.10. The van der Waals surface area contributed by atoms with Crippen LogP contribution in [0.4, 0.5) is 17.1 Å². The summed E-state index contributed by atoms with van der Waals surface area (Å²) < 4.78 is 4.94. The van der Waals surface area contributed by atoms with Gasteiger partial charge in [-0.15, -0.1) is 0 Å². The van der Waals surface area contributed by atoms with E-state index in [9.17, 15) is 9.59 Å². The van der Waals surface area contributed by atoms with E-state index in [1.54, 1.807) is 49.5 Å². The van der Waals surface area contributed by atoms with Gasteiger partial charge in [0.05, 0.1) is 24.1 Å². The molecule has 0 radical (unpaired) electrons. The number of rotatable bonds is 6. The van der Waals surface area contributed by atoms with Crippen LogP contribution in [-0.4, -0.2) is 23.5 Å². The minimum atomic E-state index is -0.390. The highest BCUT2D eigenvalue weighted by atomic mass is 16.5. The summed E-state index contributed by atoms with van der Waals surface area (Å²) in [5.41, 5.74) is 4.21. The Bertz CT molecular complexity index is 967. The molecule has 0 atom stereocenters. The molecular weight excluding hydrogens is 354 g/mol. The van der Waals surface area contributed by atoms with Crippen LogP contribution in [0.15, 0.2) is 66.9 Å². The molecule has 0 saturated heterocycles. The molecule has 1 aromatic heterocycles. The average molecular weight is 375 g/mol. The van der Waals surface area contributed by atoms with Crippen LogP contribution in [0, 0.1) is 6.92 Å². The molecule has 0 unspecified atom stereocenters. The van der Waals surface area contributed by atoms with Crippen LogP contribution >= 0.6 is 0 Å². The molecule has 0 aliphatic carbocycles. The molecule has 0 bridgehead atoms. The Kier molecular flexibility index (Phi) is 6.01. The van der Waals surface area contributed by atoms with Crippen molar-refractivity contribution in [3.63, 3.8) is 0 Å². The number of hydrogen-bond donors (Lipinski definition) is 2. The molecule has 28 heavy (non-hydrogen) atoms. The van der Waals surface area contributed by atoms with Crippen molar-refractivity contribution in [3.05, 3.63) is 83.7 Å². The third-order valence-corrected chi connectivity index (χ3v) is 4.07. The van der Waals surface area contributed by atoms with E-state index in [1.807, 2.05) is 31.2 Å². The lowest BCUT2D eigenvalue weighted by atomic mass is 10.2. The molecule has 2 N–H and O–H groups in total. The van der Waals surface area contributed by atoms with Crippen molar-refractivity contribution in [2.45, 2.75) is 13.8 Å². The van der Waals surface area contributed by atoms with E-state index in [4.69, 9.17) is 4.74 Å². The van der Waals surface area contributed by atoms with Gasteiger partial charge < -0.3 is 15.4 Å². The molecule has 3 rings (SSSR count). The van der Waals surface area contributed by atoms with Crippen molar-refractivity contribution in [3.8, 4) is 0 Å². The minimum absolute atomic E-state index is 0.296. The van der Waals surface area contributed by atoms with Crippen molar-refractivity contribution in [2.75, 3.05) is 17.2 Å². The van der Waals surface area contributed by atoms with Gasteiger partial charge in [-0.2, -0.15) is 0 Å². The molecule has 0 saturated carbocycles. The van der Waals surface area contributed by atoms with Gasteiger partial charge in [-0.3, -0.25) is 4.79 Å². The lowest BCUT2D eigenvalue weighted by Crippen LogP contribution is -2.14. The first-order chi connectivity index (χ1) is 13.6. The number of anilines is 3. The number of ether oxygens (including phenoxy) is 1. The van der Waals surface area contributed by atoms with E-state index in [1.165, 1.54) is 0 Å². The summed E-state index contributed by atoms with van der Waals surface area (Å²) in [4.78, 5) is 28.3. The standard InChI is InChI=1S/C22H21N3O3/c1-3-28-22(27)16-8-10-17(11-9-16)25-21(26)20-13-12-18(14-23-20)24-19-7-5-4-6-15(19)2/h4-14,24H,3H2,1-2H3,(H,25,26). The fourth-order valence-electron chi connectivity index (χ4n) is 2.57. The SMILES string of the molecule is CCOC(=O)c1ccc(NC(=O)c2ccc(Nc3ccccc3C)cn2)cc1. The molecule has 0 fully saturated rings. The predicted molar refractivity (Wildman–Crippen MR) is 109 cm³/mol. The molecule has 142 valence electrons. The Hall–Kier alpha value is -3.67. The van der Waals surface area contributed by atoms with E-state index in [2.05, 4.69) is 15.6 Å². The highest BCUT2D eigenvalue weighted by molar-refractivity contribution is 6.03. The van der Waals surface area contributed by atoms with E-state index in [0.717, 1.165) is 16.9 Å². The predicted octanol–water partition coefficient (Wildman–Crippen LogP) is 4.56. The molecule has 0 spiro atoms. The third-order valence-electron chi connectivity index (χ3n) is 4.07. The molecular formula is C22H21N3O3. The van der Waals surface area contributed by atoms with Gasteiger partial charge in [-0.25, -0.2) is 9.78 Å². The summed E-state index contributed by atoms with van der Waals surface area (Å²) in [6.45, 7) is 4.09. The monoisotopic (exact) mass is 375 g/mol. The van der Waals surface area contributed by atoms with Gasteiger partial charge in [0, 0.05) is 11.4 Å². The number of esters is 1. The number of hydrogen-bond acceptors (Lipinski definition) is 5. The zero-order valence-electron chi connectivity index (χ0n) is 15.7. The quantitative estimate of drug-likeness (QED) is 0.617. The maximum Gasteiger partial charge on any atom is 0.338 e. The van der Waals surface area contributed by atoms with Gasteiger partial charge in [-0.1, -0.05) is 18.2 Å². The number of carbonyl (C=O) groups is 2. The smallest absolute Gasteiger partial charge is 0.338 e. The first-order valence-corrected chi connectivity index (χ1v) is 8.94. The Balaban J connectivity index is 1.63. The number of pyridine rings is 1. The summed E-state index contributed by atoms with van der Waals surface area (Å²) in [6, 6.07) is 17.9. The zero-order valence-corrected chi connectivity index (χ0v) is 15.7. The maximum atomic E-state index is 12.4. The molecule has 3 aromatic rings. The van der Waals surface area contributed by atoms with E-state index in [-0.39, 0.29) is 5.91 Å². The van der Waals surface area contributed by atoms with E-state index >= 15 is 0 Å². The summed E-state index contributed by atoms with van der Waals surface area (Å²) >= 11 is 0. The normalized spacial score (nSPS) is 10.2. The Morgan fingerprint density at radius 2 is 1.68 bits per heavy atom. The summed E-state index contributed by atoms with van der Waals surface area (Å²) in [5, 5.41) is 6.04. The van der Waals surface area contributed by atoms with Crippen LogP contribution in [0.5, 0.6) is 0 Å². The summed E-state index contributed by atoms with van der Waals surface area (Å²) in [7, 11) is 0. The number of nitrogens with one attached hydrogen (secondary N) is 2. The fourth-order valence-corrected chi connectivity index (χ4v) is 2.57. The van der Waals surface area contributed by atoms with Crippen molar-refractivity contribution >= 4 is 28.9 Å². The number of aromatic nitrogens is 1. The van der Waals surface area contributed by atoms with Crippen LogP contribution in [-0.2, 0) is 4.74 Å². The molecule has 1 amide bonds. The number of para-hydroxylation sites is 1. The van der Waals surface area contributed by atoms with Gasteiger partial charge in [-0.05, 0) is 61.9 Å². The number of aryl methyl sites for hydroxylation is 1. The molecule has 0 aliphatic rings. The second-order valence-electron chi connectivity index (χ2n) is 6.12. The van der Waals surface area contributed by atoms with Crippen LogP contribution < -0.4 is 10.6 Å². The summed E-state index contributed by atoms with van der Waals surface area (Å²) in [6.07, 6.45) is 1.62. The second kappa shape index (κ2) is 8.81. The highest BCUT2D eigenvalue weighted by Gasteiger charge is 2.10.